The number of rotatable bonds is 1. The fourth-order valence-electron chi connectivity index (χ4n) is 2.32. The Balaban J connectivity index is 2.00. The van der Waals surface area contributed by atoms with Crippen LogP contribution < -0.4 is 5.32 Å². The topological polar surface area (TPSA) is 29.1 Å². The maximum Gasteiger partial charge on any atom is 0.217 e. The van der Waals surface area contributed by atoms with Gasteiger partial charge in [0.1, 0.15) is 0 Å². The Labute approximate surface area is 79.1 Å². The molecule has 1 N–H and O–H groups in total. The largest absolute Gasteiger partial charge is 0.354 e. The van der Waals surface area contributed by atoms with Crippen molar-refractivity contribution in [2.75, 3.05) is 0 Å². The summed E-state index contributed by atoms with van der Waals surface area (Å²) in [6.45, 7) is 1.59. The lowest BCUT2D eigenvalue weighted by atomic mass is 9.94. The summed E-state index contributed by atoms with van der Waals surface area (Å²) in [5.41, 5.74) is 0. The van der Waals surface area contributed by atoms with Crippen molar-refractivity contribution in [2.24, 2.45) is 11.8 Å². The Morgan fingerprint density at radius 3 is 2.15 bits per heavy atom. The SMILES string of the molecule is CC(=O)NC1C[C@@H]2C#C[C@@H](CC2)C1. The quantitative estimate of drug-likeness (QED) is 0.601. The zero-order valence-corrected chi connectivity index (χ0v) is 7.97. The van der Waals surface area contributed by atoms with Crippen LogP contribution >= 0.6 is 0 Å². The highest BCUT2D eigenvalue weighted by Gasteiger charge is 2.27. The van der Waals surface area contributed by atoms with Gasteiger partial charge in [-0.2, -0.15) is 0 Å². The Kier molecular flexibility index (Phi) is 2.26. The van der Waals surface area contributed by atoms with E-state index in [-0.39, 0.29) is 5.91 Å². The van der Waals surface area contributed by atoms with Gasteiger partial charge in [-0.05, 0) is 25.7 Å². The van der Waals surface area contributed by atoms with E-state index >= 15 is 0 Å². The molecule has 0 saturated heterocycles. The van der Waals surface area contributed by atoms with Crippen LogP contribution in [-0.4, -0.2) is 11.9 Å². The highest BCUT2D eigenvalue weighted by molar-refractivity contribution is 5.73. The maximum atomic E-state index is 10.9. The van der Waals surface area contributed by atoms with Gasteiger partial charge in [0.15, 0.2) is 0 Å². The molecule has 0 aliphatic heterocycles. The molecule has 2 nitrogen and oxygen atoms in total. The van der Waals surface area contributed by atoms with Crippen molar-refractivity contribution in [3.8, 4) is 11.8 Å². The minimum Gasteiger partial charge on any atom is -0.354 e. The third kappa shape index (κ3) is 2.03. The number of amides is 1. The first-order valence-electron chi connectivity index (χ1n) is 5.02. The van der Waals surface area contributed by atoms with Crippen molar-refractivity contribution < 1.29 is 4.79 Å². The summed E-state index contributed by atoms with van der Waals surface area (Å²) in [6, 6.07) is 0.359. The average molecular weight is 177 g/mol. The van der Waals surface area contributed by atoms with E-state index < -0.39 is 0 Å². The number of carbonyl (C=O) groups excluding carboxylic acids is 1. The van der Waals surface area contributed by atoms with Crippen molar-refractivity contribution in [1.29, 1.82) is 0 Å². The lowest BCUT2D eigenvalue weighted by Crippen LogP contribution is -2.34. The first-order valence-corrected chi connectivity index (χ1v) is 5.02. The van der Waals surface area contributed by atoms with E-state index in [0.717, 1.165) is 12.8 Å². The van der Waals surface area contributed by atoms with E-state index in [1.165, 1.54) is 12.8 Å². The number of hydrogen-bond donors (Lipinski definition) is 1. The lowest BCUT2D eigenvalue weighted by molar-refractivity contribution is -0.119. The lowest BCUT2D eigenvalue weighted by Gasteiger charge is -2.16. The summed E-state index contributed by atoms with van der Waals surface area (Å²) in [6.07, 6.45) is 4.58. The smallest absolute Gasteiger partial charge is 0.217 e. The van der Waals surface area contributed by atoms with Crippen LogP contribution in [0.2, 0.25) is 0 Å². The summed E-state index contributed by atoms with van der Waals surface area (Å²) in [5.74, 6) is 7.73. The molecule has 3 atom stereocenters. The predicted octanol–water partition coefficient (Wildman–Crippen LogP) is 1.31. The van der Waals surface area contributed by atoms with Gasteiger partial charge in [-0.25, -0.2) is 0 Å². The molecule has 0 aromatic heterocycles. The van der Waals surface area contributed by atoms with Crippen molar-refractivity contribution >= 4 is 5.91 Å². The summed E-state index contributed by atoms with van der Waals surface area (Å²) < 4.78 is 0. The Morgan fingerprint density at radius 2 is 1.77 bits per heavy atom. The van der Waals surface area contributed by atoms with E-state index in [4.69, 9.17) is 0 Å². The molecule has 0 spiro atoms. The van der Waals surface area contributed by atoms with E-state index in [1.807, 2.05) is 0 Å². The van der Waals surface area contributed by atoms with Crippen LogP contribution in [0.4, 0.5) is 0 Å². The van der Waals surface area contributed by atoms with Gasteiger partial charge < -0.3 is 5.32 Å². The van der Waals surface area contributed by atoms with E-state index in [2.05, 4.69) is 17.2 Å². The van der Waals surface area contributed by atoms with Gasteiger partial charge in [-0.15, -0.1) is 0 Å². The highest BCUT2D eigenvalue weighted by Crippen LogP contribution is 2.30. The van der Waals surface area contributed by atoms with Gasteiger partial charge in [-0.3, -0.25) is 4.79 Å². The molecule has 3 aliphatic rings. The van der Waals surface area contributed by atoms with Crippen molar-refractivity contribution in [1.82, 2.24) is 5.32 Å². The Bertz CT molecular complexity index is 256. The molecule has 70 valence electrons. The maximum absolute atomic E-state index is 10.9. The highest BCUT2D eigenvalue weighted by atomic mass is 16.1. The summed E-state index contributed by atoms with van der Waals surface area (Å²) >= 11 is 0. The molecule has 1 fully saturated rings. The molecule has 2 bridgehead atoms. The van der Waals surface area contributed by atoms with Crippen LogP contribution in [-0.2, 0) is 4.79 Å². The monoisotopic (exact) mass is 177 g/mol. The van der Waals surface area contributed by atoms with Gasteiger partial charge >= 0.3 is 0 Å². The van der Waals surface area contributed by atoms with Crippen LogP contribution in [0, 0.1) is 23.7 Å². The summed E-state index contributed by atoms with van der Waals surface area (Å²) in [7, 11) is 0. The van der Waals surface area contributed by atoms with Gasteiger partial charge in [0, 0.05) is 24.8 Å². The Hall–Kier alpha value is -0.970. The number of fused-ring (bicyclic) bond motifs is 3. The van der Waals surface area contributed by atoms with E-state index in [0.29, 0.717) is 17.9 Å². The number of carbonyl (C=O) groups is 1. The molecular formula is C11H15NO. The number of hydrogen-bond acceptors (Lipinski definition) is 1. The van der Waals surface area contributed by atoms with Crippen LogP contribution in [0.1, 0.15) is 32.6 Å². The molecule has 2 heteroatoms. The zero-order chi connectivity index (χ0) is 9.26. The van der Waals surface area contributed by atoms with Gasteiger partial charge in [-0.1, -0.05) is 11.8 Å². The van der Waals surface area contributed by atoms with Crippen LogP contribution in [0.3, 0.4) is 0 Å². The molecule has 0 aromatic carbocycles. The second-order valence-electron chi connectivity index (χ2n) is 4.13. The van der Waals surface area contributed by atoms with Crippen molar-refractivity contribution in [3.05, 3.63) is 0 Å². The fraction of sp³-hybridized carbons (Fsp3) is 0.727. The van der Waals surface area contributed by atoms with Crippen LogP contribution in [0.5, 0.6) is 0 Å². The van der Waals surface area contributed by atoms with E-state index in [1.54, 1.807) is 6.92 Å². The second-order valence-corrected chi connectivity index (χ2v) is 4.13. The average Bonchev–Trinajstić information content (AvgIpc) is 2.34. The minimum absolute atomic E-state index is 0.0892. The Morgan fingerprint density at radius 1 is 1.23 bits per heavy atom. The third-order valence-electron chi connectivity index (χ3n) is 2.90. The molecule has 3 aliphatic carbocycles. The fourth-order valence-corrected chi connectivity index (χ4v) is 2.32. The summed E-state index contributed by atoms with van der Waals surface area (Å²) in [4.78, 5) is 10.9. The van der Waals surface area contributed by atoms with Crippen molar-refractivity contribution in [2.45, 2.75) is 38.6 Å². The van der Waals surface area contributed by atoms with E-state index in [9.17, 15) is 4.79 Å². The summed E-state index contributed by atoms with van der Waals surface area (Å²) in [5, 5.41) is 3.00. The molecule has 13 heavy (non-hydrogen) atoms. The van der Waals surface area contributed by atoms with Crippen LogP contribution in [0.15, 0.2) is 0 Å². The molecule has 0 radical (unpaired) electrons. The first-order chi connectivity index (χ1) is 6.24. The standard InChI is InChI=1S/C11H15NO/c1-8(13)12-11-6-9-2-3-10(7-11)5-4-9/h9-11H,2-3,6-7H2,1H3,(H,12,13)/t9-,10+,11?. The second kappa shape index (κ2) is 3.41. The minimum atomic E-state index is 0.0892. The molecule has 1 saturated carbocycles. The molecule has 1 unspecified atom stereocenters. The van der Waals surface area contributed by atoms with Crippen molar-refractivity contribution in [3.63, 3.8) is 0 Å². The van der Waals surface area contributed by atoms with Gasteiger partial charge in [0.2, 0.25) is 5.91 Å². The molecule has 3 rings (SSSR count). The molecule has 1 amide bonds. The molecule has 0 aromatic rings. The normalized spacial score (nSPS) is 35.9. The van der Waals surface area contributed by atoms with Gasteiger partial charge in [0.25, 0.3) is 0 Å². The molecular weight excluding hydrogens is 162 g/mol. The zero-order valence-electron chi connectivity index (χ0n) is 7.97. The number of nitrogens with one attached hydrogen (secondary N) is 1. The van der Waals surface area contributed by atoms with Gasteiger partial charge in [0.05, 0.1) is 0 Å². The first kappa shape index (κ1) is 8.62. The van der Waals surface area contributed by atoms with Crippen LogP contribution in [0.25, 0.3) is 0 Å². The third-order valence-corrected chi connectivity index (χ3v) is 2.90. The molecule has 0 heterocycles. The predicted molar refractivity (Wildman–Crippen MR) is 50.8 cm³/mol.